The van der Waals surface area contributed by atoms with Gasteiger partial charge in [0.25, 0.3) is 11.8 Å². The maximum absolute atomic E-state index is 13.5. The van der Waals surface area contributed by atoms with Crippen LogP contribution in [-0.2, 0) is 32.4 Å². The standard InChI is InChI=1S/C40H44N6O8/c1-23-29(5-3-7-33(23)45-39(51)35-17-31(25-9-10-25)27(19-41-35)21-43-53-37(49)13-15-47)30-6-4-8-34(24(30)2)46-40(52)36-18-32(26-11-12-26)28(20-42-36)22-44-54-38(50)14-16-48/h3-8,17-20,25-26,43-44,47-48H,9-16,21-22H2,1-2H3,(H,45,51)(H,46,52). The molecule has 4 aromatic rings. The summed E-state index contributed by atoms with van der Waals surface area (Å²) in [5.41, 5.74) is 14.1. The molecule has 0 unspecified atom stereocenters. The van der Waals surface area contributed by atoms with E-state index in [9.17, 15) is 19.2 Å². The van der Waals surface area contributed by atoms with E-state index in [1.54, 1.807) is 24.5 Å². The maximum Gasteiger partial charge on any atom is 0.327 e. The molecule has 2 fully saturated rings. The van der Waals surface area contributed by atoms with Gasteiger partial charge in [-0.25, -0.2) is 0 Å². The quantitative estimate of drug-likeness (QED) is 0.0804. The number of aromatic nitrogens is 2. The molecule has 2 aromatic carbocycles. The topological polar surface area (TPSA) is 201 Å². The average Bonchev–Trinajstić information content (AvgIpc) is 4.09. The number of pyridine rings is 2. The van der Waals surface area contributed by atoms with Gasteiger partial charge in [0.1, 0.15) is 11.4 Å². The summed E-state index contributed by atoms with van der Waals surface area (Å²) in [7, 11) is 0. The monoisotopic (exact) mass is 736 g/mol. The lowest BCUT2D eigenvalue weighted by Gasteiger charge is -2.17. The minimum atomic E-state index is -0.561. The Balaban J connectivity index is 1.14. The van der Waals surface area contributed by atoms with Gasteiger partial charge in [-0.1, -0.05) is 24.3 Å². The van der Waals surface area contributed by atoms with Crippen LogP contribution in [0.5, 0.6) is 0 Å². The summed E-state index contributed by atoms with van der Waals surface area (Å²) in [5.74, 6) is -1.22. The van der Waals surface area contributed by atoms with Crippen molar-refractivity contribution in [3.05, 3.63) is 106 Å². The number of aliphatic hydroxyl groups excluding tert-OH is 2. The van der Waals surface area contributed by atoms with Crippen molar-refractivity contribution >= 4 is 35.1 Å². The van der Waals surface area contributed by atoms with Gasteiger partial charge in [-0.15, -0.1) is 11.0 Å². The van der Waals surface area contributed by atoms with Crippen molar-refractivity contribution in [2.75, 3.05) is 23.8 Å². The van der Waals surface area contributed by atoms with Crippen LogP contribution >= 0.6 is 0 Å². The van der Waals surface area contributed by atoms with Crippen LogP contribution in [0.2, 0.25) is 0 Å². The second-order valence-electron chi connectivity index (χ2n) is 13.5. The molecule has 54 heavy (non-hydrogen) atoms. The van der Waals surface area contributed by atoms with Crippen LogP contribution in [0.25, 0.3) is 11.1 Å². The van der Waals surface area contributed by atoms with Crippen LogP contribution in [-0.4, -0.2) is 57.1 Å². The highest BCUT2D eigenvalue weighted by atomic mass is 16.7. The lowest BCUT2D eigenvalue weighted by molar-refractivity contribution is -0.153. The molecule has 0 spiro atoms. The first-order valence-corrected chi connectivity index (χ1v) is 18.0. The van der Waals surface area contributed by atoms with Crippen molar-refractivity contribution < 1.29 is 39.1 Å². The van der Waals surface area contributed by atoms with E-state index in [1.165, 1.54) is 0 Å². The highest BCUT2D eigenvalue weighted by molar-refractivity contribution is 6.05. The predicted molar refractivity (Wildman–Crippen MR) is 199 cm³/mol. The number of rotatable bonds is 17. The predicted octanol–water partition coefficient (Wildman–Crippen LogP) is 4.88. The lowest BCUT2D eigenvalue weighted by Crippen LogP contribution is -2.21. The smallest absolute Gasteiger partial charge is 0.327 e. The fourth-order valence-electron chi connectivity index (χ4n) is 6.26. The summed E-state index contributed by atoms with van der Waals surface area (Å²) in [5, 5.41) is 23.9. The Hall–Kier alpha value is -5.54. The molecule has 2 aliphatic carbocycles. The van der Waals surface area contributed by atoms with Gasteiger partial charge in [0, 0.05) is 23.8 Å². The zero-order valence-electron chi connectivity index (χ0n) is 30.2. The van der Waals surface area contributed by atoms with E-state index < -0.39 is 11.9 Å². The Labute approximate surface area is 312 Å². The molecule has 0 radical (unpaired) electrons. The van der Waals surface area contributed by atoms with Crippen molar-refractivity contribution in [1.82, 2.24) is 20.9 Å². The zero-order chi connectivity index (χ0) is 38.2. The fourth-order valence-corrected chi connectivity index (χ4v) is 6.26. The maximum atomic E-state index is 13.5. The third-order valence-electron chi connectivity index (χ3n) is 9.53. The molecule has 0 aliphatic heterocycles. The molecule has 0 bridgehead atoms. The fraction of sp³-hybridized carbons (Fsp3) is 0.350. The van der Waals surface area contributed by atoms with Crippen LogP contribution in [0.15, 0.2) is 60.9 Å². The number of hydrogen-bond acceptors (Lipinski definition) is 12. The summed E-state index contributed by atoms with van der Waals surface area (Å²) in [6.07, 6.45) is 7.02. The van der Waals surface area contributed by atoms with E-state index in [-0.39, 0.29) is 62.3 Å². The second-order valence-corrected chi connectivity index (χ2v) is 13.5. The number of carbonyl (C=O) groups excluding carboxylic acids is 4. The summed E-state index contributed by atoms with van der Waals surface area (Å²) in [6.45, 7) is 3.73. The minimum absolute atomic E-state index is 0.104. The van der Waals surface area contributed by atoms with Gasteiger partial charge in [-0.2, -0.15) is 0 Å². The van der Waals surface area contributed by atoms with E-state index in [4.69, 9.17) is 19.9 Å². The molecular formula is C40H44N6O8. The summed E-state index contributed by atoms with van der Waals surface area (Å²) in [6, 6.07) is 14.9. The first kappa shape index (κ1) is 38.2. The highest BCUT2D eigenvalue weighted by Crippen LogP contribution is 2.43. The molecular weight excluding hydrogens is 692 g/mol. The number of hydrogen-bond donors (Lipinski definition) is 6. The number of benzene rings is 2. The Morgan fingerprint density at radius 3 is 1.44 bits per heavy atom. The normalized spacial score (nSPS) is 13.6. The second kappa shape index (κ2) is 17.5. The van der Waals surface area contributed by atoms with E-state index in [1.807, 2.05) is 50.2 Å². The van der Waals surface area contributed by atoms with Gasteiger partial charge in [-0.3, -0.25) is 29.1 Å². The van der Waals surface area contributed by atoms with Crippen LogP contribution in [0.3, 0.4) is 0 Å². The van der Waals surface area contributed by atoms with E-state index in [0.717, 1.165) is 70.2 Å². The number of nitrogens with one attached hydrogen (secondary N) is 4. The average molecular weight is 737 g/mol. The van der Waals surface area contributed by atoms with E-state index >= 15 is 0 Å². The Morgan fingerprint density at radius 2 is 1.07 bits per heavy atom. The van der Waals surface area contributed by atoms with Gasteiger partial charge in [-0.05, 0) is 120 Å². The third kappa shape index (κ3) is 9.51. The zero-order valence-corrected chi connectivity index (χ0v) is 30.2. The van der Waals surface area contributed by atoms with Crippen molar-refractivity contribution in [2.45, 2.75) is 77.3 Å². The van der Waals surface area contributed by atoms with Crippen molar-refractivity contribution in [1.29, 1.82) is 0 Å². The molecule has 0 saturated heterocycles. The van der Waals surface area contributed by atoms with E-state index in [0.29, 0.717) is 23.2 Å². The van der Waals surface area contributed by atoms with Gasteiger partial charge in [0.2, 0.25) is 0 Å². The third-order valence-corrected chi connectivity index (χ3v) is 9.53. The van der Waals surface area contributed by atoms with Gasteiger partial charge in [0.05, 0.1) is 39.1 Å². The van der Waals surface area contributed by atoms with Gasteiger partial charge >= 0.3 is 11.9 Å². The van der Waals surface area contributed by atoms with Crippen molar-refractivity contribution in [3.8, 4) is 11.1 Å². The molecule has 6 rings (SSSR count). The van der Waals surface area contributed by atoms with E-state index in [2.05, 4.69) is 31.6 Å². The first-order chi connectivity index (χ1) is 26.2. The van der Waals surface area contributed by atoms with Crippen molar-refractivity contribution in [3.63, 3.8) is 0 Å². The molecule has 2 aromatic heterocycles. The molecule has 2 aliphatic rings. The van der Waals surface area contributed by atoms with Crippen LogP contribution in [0.1, 0.15) is 105 Å². The van der Waals surface area contributed by atoms with Gasteiger partial charge in [0.15, 0.2) is 0 Å². The molecule has 14 nitrogen and oxygen atoms in total. The van der Waals surface area contributed by atoms with Crippen molar-refractivity contribution in [2.24, 2.45) is 0 Å². The Morgan fingerprint density at radius 1 is 0.667 bits per heavy atom. The van der Waals surface area contributed by atoms with Crippen LogP contribution in [0.4, 0.5) is 11.4 Å². The molecule has 2 amide bonds. The van der Waals surface area contributed by atoms with Crippen LogP contribution in [0, 0.1) is 13.8 Å². The number of aliphatic hydroxyl groups is 2. The minimum Gasteiger partial charge on any atom is -0.396 e. The number of amides is 2. The largest absolute Gasteiger partial charge is 0.396 e. The number of nitrogens with zero attached hydrogens (tertiary/aromatic N) is 2. The number of hydroxylamine groups is 2. The summed E-state index contributed by atoms with van der Waals surface area (Å²) >= 11 is 0. The molecule has 0 atom stereocenters. The first-order valence-electron chi connectivity index (χ1n) is 18.0. The summed E-state index contributed by atoms with van der Waals surface area (Å²) in [4.78, 5) is 68.9. The molecule has 6 N–H and O–H groups in total. The molecule has 2 saturated carbocycles. The Kier molecular flexibility index (Phi) is 12.4. The van der Waals surface area contributed by atoms with Crippen LogP contribution < -0.4 is 21.6 Å². The highest BCUT2D eigenvalue weighted by Gasteiger charge is 2.29. The molecule has 282 valence electrons. The van der Waals surface area contributed by atoms with Gasteiger partial charge < -0.3 is 30.5 Å². The molecule has 14 heteroatoms. The lowest BCUT2D eigenvalue weighted by atomic mass is 9.94. The molecule has 2 heterocycles. The number of carbonyl (C=O) groups is 4. The summed E-state index contributed by atoms with van der Waals surface area (Å²) < 4.78 is 0. The Bertz CT molecular complexity index is 1900. The number of anilines is 2. The SMILES string of the molecule is Cc1c(NC(=O)c2cc(C3CC3)c(CNOC(=O)CCO)cn2)cccc1-c1cccc(NC(=O)c2cc(C3CC3)c(CNOC(=O)CCO)cn2)c1C.